The average Bonchev–Trinajstić information content (AvgIpc) is 3.47. The van der Waals surface area contributed by atoms with E-state index in [4.69, 9.17) is 14.5 Å². The van der Waals surface area contributed by atoms with Crippen LogP contribution in [0.5, 0.6) is 5.75 Å². The van der Waals surface area contributed by atoms with Crippen LogP contribution in [0.15, 0.2) is 23.2 Å². The Balaban J connectivity index is 1.63. The molecule has 0 radical (unpaired) electrons. The number of hydrogen-bond acceptors (Lipinski definition) is 4. The summed E-state index contributed by atoms with van der Waals surface area (Å²) in [5.41, 5.74) is -0.0336. The van der Waals surface area contributed by atoms with Crippen molar-refractivity contribution in [3.63, 3.8) is 0 Å². The zero-order valence-electron chi connectivity index (χ0n) is 16.2. The van der Waals surface area contributed by atoms with Crippen molar-refractivity contribution in [2.75, 3.05) is 14.2 Å². The number of amidine groups is 1. The van der Waals surface area contributed by atoms with Gasteiger partial charge in [0.1, 0.15) is 11.4 Å². The molecule has 2 fully saturated rings. The van der Waals surface area contributed by atoms with Crippen molar-refractivity contribution in [2.24, 2.45) is 10.9 Å². The Labute approximate surface area is 170 Å². The molecule has 5 nitrogen and oxygen atoms in total. The lowest BCUT2D eigenvalue weighted by Crippen LogP contribution is -2.57. The minimum absolute atomic E-state index is 0.0700. The van der Waals surface area contributed by atoms with Gasteiger partial charge < -0.3 is 9.47 Å². The number of thiol groups is 1. The standard InChI is InChI=1S/C22H24N2O3S/c1-24-19(25)22(23-20(24)28)17-13-15(6-5-14-3-4-14)7-8-18(17)27-21(22)11-9-16(26-2)10-12-21/h7-8,13-14,16H,3-4,9-12H2,1-2H3,(H,23,28). The second-order valence-corrected chi connectivity index (χ2v) is 8.67. The van der Waals surface area contributed by atoms with Gasteiger partial charge in [0, 0.05) is 31.2 Å². The monoisotopic (exact) mass is 396 g/mol. The molecule has 2 heterocycles. The van der Waals surface area contributed by atoms with E-state index in [0.717, 1.165) is 29.7 Å². The van der Waals surface area contributed by atoms with Gasteiger partial charge in [0.15, 0.2) is 5.17 Å². The lowest BCUT2D eigenvalue weighted by atomic mass is 9.68. The Morgan fingerprint density at radius 2 is 2.04 bits per heavy atom. The summed E-state index contributed by atoms with van der Waals surface area (Å²) in [6.07, 6.45) is 5.69. The lowest BCUT2D eigenvalue weighted by Gasteiger charge is -2.43. The van der Waals surface area contributed by atoms with Crippen LogP contribution in [0.3, 0.4) is 0 Å². The SMILES string of the molecule is COC1CCC2(CC1)Oc1ccc(C#CC3CC3)cc1C21N=C(S)N(C)C1=O. The summed E-state index contributed by atoms with van der Waals surface area (Å²) in [5, 5.41) is 0.434. The molecule has 0 N–H and O–H groups in total. The first-order valence-corrected chi connectivity index (χ1v) is 10.4. The number of carbonyl (C=O) groups is 1. The predicted octanol–water partition coefficient (Wildman–Crippen LogP) is 3.12. The largest absolute Gasteiger partial charge is 0.483 e. The van der Waals surface area contributed by atoms with Gasteiger partial charge in [-0.3, -0.25) is 9.69 Å². The molecule has 2 spiro atoms. The Morgan fingerprint density at radius 1 is 1.29 bits per heavy atom. The molecule has 6 heteroatoms. The molecule has 0 aromatic heterocycles. The Morgan fingerprint density at radius 3 is 2.64 bits per heavy atom. The van der Waals surface area contributed by atoms with Gasteiger partial charge >= 0.3 is 0 Å². The first-order valence-electron chi connectivity index (χ1n) is 9.94. The molecule has 1 aromatic rings. The van der Waals surface area contributed by atoms with Crippen molar-refractivity contribution < 1.29 is 14.3 Å². The van der Waals surface area contributed by atoms with Gasteiger partial charge in [-0.2, -0.15) is 0 Å². The van der Waals surface area contributed by atoms with E-state index in [-0.39, 0.29) is 12.0 Å². The zero-order valence-corrected chi connectivity index (χ0v) is 17.1. The first-order chi connectivity index (χ1) is 13.5. The number of nitrogens with zero attached hydrogens (tertiary/aromatic N) is 2. The summed E-state index contributed by atoms with van der Waals surface area (Å²) in [5.74, 6) is 7.76. The van der Waals surface area contributed by atoms with Crippen molar-refractivity contribution in [1.82, 2.24) is 4.90 Å². The van der Waals surface area contributed by atoms with Crippen LogP contribution in [0.2, 0.25) is 0 Å². The maximum atomic E-state index is 13.5. The second kappa shape index (κ2) is 6.27. The van der Waals surface area contributed by atoms with Crippen LogP contribution in [0.4, 0.5) is 0 Å². The van der Waals surface area contributed by atoms with Gasteiger partial charge in [0.05, 0.1) is 6.10 Å². The highest BCUT2D eigenvalue weighted by atomic mass is 32.1. The summed E-state index contributed by atoms with van der Waals surface area (Å²) in [4.78, 5) is 19.9. The third-order valence-electron chi connectivity index (χ3n) is 6.59. The van der Waals surface area contributed by atoms with Crippen molar-refractivity contribution >= 4 is 23.7 Å². The average molecular weight is 397 g/mol. The molecule has 1 aromatic carbocycles. The van der Waals surface area contributed by atoms with E-state index < -0.39 is 11.1 Å². The second-order valence-electron chi connectivity index (χ2n) is 8.27. The van der Waals surface area contributed by atoms with E-state index in [2.05, 4.69) is 24.5 Å². The molecule has 1 amide bonds. The molecule has 146 valence electrons. The van der Waals surface area contributed by atoms with Gasteiger partial charge in [0.2, 0.25) is 5.54 Å². The molecular formula is C22H24N2O3S. The van der Waals surface area contributed by atoms with Crippen molar-refractivity contribution in [3.05, 3.63) is 29.3 Å². The Hall–Kier alpha value is -1.97. The van der Waals surface area contributed by atoms with Gasteiger partial charge in [0.25, 0.3) is 5.91 Å². The number of hydrogen-bond donors (Lipinski definition) is 1. The molecule has 28 heavy (non-hydrogen) atoms. The van der Waals surface area contributed by atoms with Gasteiger partial charge in [-0.1, -0.05) is 11.8 Å². The molecule has 1 atom stereocenters. The summed E-state index contributed by atoms with van der Waals surface area (Å²) in [7, 11) is 3.47. The van der Waals surface area contributed by atoms with Crippen LogP contribution < -0.4 is 4.74 Å². The topological polar surface area (TPSA) is 51.1 Å². The number of carbonyl (C=O) groups excluding carboxylic acids is 1. The van der Waals surface area contributed by atoms with E-state index in [9.17, 15) is 4.79 Å². The normalized spacial score (nSPS) is 33.5. The number of fused-ring (bicyclic) bond motifs is 3. The number of aliphatic imine (C=N–C) groups is 1. The van der Waals surface area contributed by atoms with Crippen LogP contribution in [-0.4, -0.2) is 41.8 Å². The Bertz CT molecular complexity index is 935. The van der Waals surface area contributed by atoms with E-state index in [0.29, 0.717) is 23.9 Å². The highest BCUT2D eigenvalue weighted by Gasteiger charge is 2.68. The quantitative estimate of drug-likeness (QED) is 0.586. The van der Waals surface area contributed by atoms with Gasteiger partial charge in [-0.15, -0.1) is 12.6 Å². The molecule has 2 aliphatic carbocycles. The number of likely N-dealkylation sites (N-methyl/N-ethyl adjacent to an activating group) is 1. The van der Waals surface area contributed by atoms with E-state index in [1.807, 2.05) is 18.2 Å². The smallest absolute Gasteiger partial charge is 0.265 e. The highest BCUT2D eigenvalue weighted by Crippen LogP contribution is 2.58. The highest BCUT2D eigenvalue weighted by molar-refractivity contribution is 7.96. The van der Waals surface area contributed by atoms with Crippen LogP contribution >= 0.6 is 12.6 Å². The summed E-state index contributed by atoms with van der Waals surface area (Å²) in [6.45, 7) is 0. The van der Waals surface area contributed by atoms with E-state index in [1.54, 1.807) is 14.2 Å². The first kappa shape index (κ1) is 18.1. The fraction of sp³-hybridized carbons (Fsp3) is 0.545. The van der Waals surface area contributed by atoms with Crippen molar-refractivity contribution in [1.29, 1.82) is 0 Å². The fourth-order valence-electron chi connectivity index (χ4n) is 4.76. The minimum atomic E-state index is -1.08. The number of amides is 1. The third kappa shape index (κ3) is 2.46. The Kier molecular flexibility index (Phi) is 4.05. The maximum absolute atomic E-state index is 13.5. The van der Waals surface area contributed by atoms with Crippen LogP contribution in [-0.2, 0) is 15.1 Å². The van der Waals surface area contributed by atoms with Gasteiger partial charge in [-0.05, 0) is 56.7 Å². The minimum Gasteiger partial charge on any atom is -0.483 e. The molecule has 1 unspecified atom stereocenters. The molecule has 2 saturated carbocycles. The lowest BCUT2D eigenvalue weighted by molar-refractivity contribution is -0.140. The summed E-state index contributed by atoms with van der Waals surface area (Å²) >= 11 is 4.48. The molecule has 2 aliphatic heterocycles. The summed E-state index contributed by atoms with van der Waals surface area (Å²) < 4.78 is 12.1. The predicted molar refractivity (Wildman–Crippen MR) is 110 cm³/mol. The molecule has 4 aliphatic rings. The summed E-state index contributed by atoms with van der Waals surface area (Å²) in [6, 6.07) is 5.93. The van der Waals surface area contributed by atoms with Crippen molar-refractivity contribution in [3.8, 4) is 17.6 Å². The van der Waals surface area contributed by atoms with E-state index >= 15 is 0 Å². The number of benzene rings is 1. The van der Waals surface area contributed by atoms with Crippen LogP contribution in [0.1, 0.15) is 49.7 Å². The number of methoxy groups -OCH3 is 1. The van der Waals surface area contributed by atoms with Crippen molar-refractivity contribution in [2.45, 2.75) is 55.8 Å². The third-order valence-corrected chi connectivity index (χ3v) is 6.99. The number of rotatable bonds is 1. The van der Waals surface area contributed by atoms with Crippen LogP contribution in [0.25, 0.3) is 0 Å². The molecular weight excluding hydrogens is 372 g/mol. The fourth-order valence-corrected chi connectivity index (χ4v) is 5.00. The molecule has 0 saturated heterocycles. The van der Waals surface area contributed by atoms with Crippen LogP contribution in [0, 0.1) is 17.8 Å². The van der Waals surface area contributed by atoms with Gasteiger partial charge in [-0.25, -0.2) is 4.99 Å². The van der Waals surface area contributed by atoms with E-state index in [1.165, 1.54) is 17.7 Å². The number of ether oxygens (including phenoxy) is 2. The molecule has 0 bridgehead atoms. The maximum Gasteiger partial charge on any atom is 0.265 e. The molecule has 5 rings (SSSR count). The zero-order chi connectivity index (χ0) is 19.5.